The standard InChI is InChI=1S/C19H21NO6S/c1-20(11-14-5-9-17(10-6-14)26-12-18(21)22)19(23)16-7-3-15(4-8-16)13-27(2,24)25/h3-10H,11-13H2,1-2H3,(H,21,22). The number of benzene rings is 2. The lowest BCUT2D eigenvalue weighted by Gasteiger charge is -2.18. The zero-order valence-electron chi connectivity index (χ0n) is 15.1. The summed E-state index contributed by atoms with van der Waals surface area (Å²) in [5, 5.41) is 8.59. The van der Waals surface area contributed by atoms with Crippen LogP contribution in [0.1, 0.15) is 21.5 Å². The molecule has 27 heavy (non-hydrogen) atoms. The Labute approximate surface area is 158 Å². The van der Waals surface area contributed by atoms with Gasteiger partial charge in [-0.25, -0.2) is 13.2 Å². The first-order valence-electron chi connectivity index (χ1n) is 8.10. The number of amides is 1. The van der Waals surface area contributed by atoms with Gasteiger partial charge in [0, 0.05) is 25.4 Å². The summed E-state index contributed by atoms with van der Waals surface area (Å²) in [5.41, 5.74) is 1.96. The second-order valence-electron chi connectivity index (χ2n) is 6.25. The number of carbonyl (C=O) groups excluding carboxylic acids is 1. The minimum Gasteiger partial charge on any atom is -0.482 e. The van der Waals surface area contributed by atoms with Gasteiger partial charge in [0.15, 0.2) is 16.4 Å². The van der Waals surface area contributed by atoms with Crippen LogP contribution < -0.4 is 4.74 Å². The number of nitrogens with zero attached hydrogens (tertiary/aromatic N) is 1. The molecule has 0 unspecified atom stereocenters. The van der Waals surface area contributed by atoms with E-state index in [1.165, 1.54) is 0 Å². The molecule has 7 nitrogen and oxygen atoms in total. The Kier molecular flexibility index (Phi) is 6.57. The third kappa shape index (κ3) is 6.74. The third-order valence-electron chi connectivity index (χ3n) is 3.68. The summed E-state index contributed by atoms with van der Waals surface area (Å²) < 4.78 is 27.7. The van der Waals surface area contributed by atoms with Gasteiger partial charge in [-0.1, -0.05) is 24.3 Å². The van der Waals surface area contributed by atoms with Gasteiger partial charge >= 0.3 is 5.97 Å². The van der Waals surface area contributed by atoms with Crippen molar-refractivity contribution in [2.24, 2.45) is 0 Å². The summed E-state index contributed by atoms with van der Waals surface area (Å²) in [6.45, 7) is -0.0454. The number of hydrogen-bond donors (Lipinski definition) is 1. The van der Waals surface area contributed by atoms with Crippen molar-refractivity contribution in [1.29, 1.82) is 0 Å². The molecule has 0 fully saturated rings. The van der Waals surface area contributed by atoms with Crippen LogP contribution >= 0.6 is 0 Å². The van der Waals surface area contributed by atoms with Gasteiger partial charge in [0.05, 0.1) is 5.75 Å². The van der Waals surface area contributed by atoms with Crippen molar-refractivity contribution in [1.82, 2.24) is 4.90 Å². The molecule has 2 aromatic rings. The summed E-state index contributed by atoms with van der Waals surface area (Å²) in [6, 6.07) is 13.3. The van der Waals surface area contributed by atoms with Crippen LogP contribution in [0.2, 0.25) is 0 Å². The van der Waals surface area contributed by atoms with Gasteiger partial charge in [0.1, 0.15) is 5.75 Å². The molecule has 0 bridgehead atoms. The normalized spacial score (nSPS) is 11.0. The quantitative estimate of drug-likeness (QED) is 0.738. The number of sulfone groups is 1. The molecule has 8 heteroatoms. The van der Waals surface area contributed by atoms with E-state index in [1.54, 1.807) is 60.5 Å². The van der Waals surface area contributed by atoms with E-state index in [2.05, 4.69) is 0 Å². The molecule has 0 radical (unpaired) electrons. The topological polar surface area (TPSA) is 101 Å². The van der Waals surface area contributed by atoms with Crippen LogP contribution in [0.5, 0.6) is 5.75 Å². The number of carboxylic acids is 1. The number of carbonyl (C=O) groups is 2. The van der Waals surface area contributed by atoms with Crippen LogP contribution in [-0.2, 0) is 26.9 Å². The Morgan fingerprint density at radius 1 is 1.00 bits per heavy atom. The van der Waals surface area contributed by atoms with Gasteiger partial charge in [0.2, 0.25) is 0 Å². The Bertz CT molecular complexity index is 904. The van der Waals surface area contributed by atoms with E-state index in [1.807, 2.05) is 0 Å². The largest absolute Gasteiger partial charge is 0.482 e. The van der Waals surface area contributed by atoms with Gasteiger partial charge in [-0.3, -0.25) is 4.79 Å². The maximum Gasteiger partial charge on any atom is 0.341 e. The van der Waals surface area contributed by atoms with Crippen molar-refractivity contribution < 1.29 is 27.9 Å². The van der Waals surface area contributed by atoms with Crippen molar-refractivity contribution in [3.63, 3.8) is 0 Å². The number of carboxylic acid groups (broad SMARTS) is 1. The van der Waals surface area contributed by atoms with Crippen LogP contribution in [0, 0.1) is 0 Å². The second kappa shape index (κ2) is 8.68. The molecule has 0 aromatic heterocycles. The molecule has 144 valence electrons. The summed E-state index contributed by atoms with van der Waals surface area (Å²) in [5.74, 6) is -0.858. The van der Waals surface area contributed by atoms with Crippen LogP contribution in [0.25, 0.3) is 0 Å². The highest BCUT2D eigenvalue weighted by Gasteiger charge is 2.13. The Morgan fingerprint density at radius 2 is 1.56 bits per heavy atom. The monoisotopic (exact) mass is 391 g/mol. The lowest BCUT2D eigenvalue weighted by atomic mass is 10.1. The fraction of sp³-hybridized carbons (Fsp3) is 0.263. The average Bonchev–Trinajstić information content (AvgIpc) is 2.59. The number of rotatable bonds is 8. The van der Waals surface area contributed by atoms with Crippen LogP contribution in [-0.4, -0.2) is 50.2 Å². The molecule has 2 aromatic carbocycles. The van der Waals surface area contributed by atoms with Gasteiger partial charge in [-0.05, 0) is 35.4 Å². The van der Waals surface area contributed by atoms with E-state index < -0.39 is 22.4 Å². The first-order valence-corrected chi connectivity index (χ1v) is 10.2. The SMILES string of the molecule is CN(Cc1ccc(OCC(=O)O)cc1)C(=O)c1ccc(CS(C)(=O)=O)cc1. The van der Waals surface area contributed by atoms with Crippen LogP contribution in [0.4, 0.5) is 0 Å². The average molecular weight is 391 g/mol. The minimum absolute atomic E-state index is 0.0619. The predicted octanol–water partition coefficient (Wildman–Crippen LogP) is 1.97. The fourth-order valence-electron chi connectivity index (χ4n) is 2.45. The maximum atomic E-state index is 12.5. The smallest absolute Gasteiger partial charge is 0.341 e. The van der Waals surface area contributed by atoms with E-state index in [4.69, 9.17) is 9.84 Å². The van der Waals surface area contributed by atoms with Crippen LogP contribution in [0.15, 0.2) is 48.5 Å². The van der Waals surface area contributed by atoms with E-state index >= 15 is 0 Å². The highest BCUT2D eigenvalue weighted by molar-refractivity contribution is 7.89. The molecular formula is C19H21NO6S. The fourth-order valence-corrected chi connectivity index (χ4v) is 3.25. The zero-order chi connectivity index (χ0) is 20.0. The van der Waals surface area contributed by atoms with Gasteiger partial charge < -0.3 is 14.7 Å². The molecule has 0 aliphatic heterocycles. The first-order chi connectivity index (χ1) is 12.6. The lowest BCUT2D eigenvalue weighted by molar-refractivity contribution is -0.139. The summed E-state index contributed by atoms with van der Waals surface area (Å²) in [4.78, 5) is 24.5. The summed E-state index contributed by atoms with van der Waals surface area (Å²) in [6.07, 6.45) is 1.16. The first kappa shape index (κ1) is 20.4. The second-order valence-corrected chi connectivity index (χ2v) is 8.39. The molecule has 0 saturated carbocycles. The van der Waals surface area contributed by atoms with Crippen molar-refractivity contribution in [3.05, 3.63) is 65.2 Å². The van der Waals surface area contributed by atoms with Gasteiger partial charge in [-0.15, -0.1) is 0 Å². The molecule has 0 aliphatic carbocycles. The maximum absolute atomic E-state index is 12.5. The highest BCUT2D eigenvalue weighted by atomic mass is 32.2. The van der Waals surface area contributed by atoms with Crippen molar-refractivity contribution in [2.45, 2.75) is 12.3 Å². The van der Waals surface area contributed by atoms with E-state index in [0.717, 1.165) is 11.8 Å². The van der Waals surface area contributed by atoms with Crippen molar-refractivity contribution in [3.8, 4) is 5.75 Å². The van der Waals surface area contributed by atoms with Crippen LogP contribution in [0.3, 0.4) is 0 Å². The van der Waals surface area contributed by atoms with E-state index in [0.29, 0.717) is 23.4 Å². The molecule has 0 atom stereocenters. The van der Waals surface area contributed by atoms with Crippen molar-refractivity contribution >= 4 is 21.7 Å². The molecule has 0 spiro atoms. The Hall–Kier alpha value is -2.87. The van der Waals surface area contributed by atoms with E-state index in [9.17, 15) is 18.0 Å². The minimum atomic E-state index is -3.12. The number of aliphatic carboxylic acids is 1. The summed E-state index contributed by atoms with van der Waals surface area (Å²) in [7, 11) is -1.45. The van der Waals surface area contributed by atoms with Gasteiger partial charge in [-0.2, -0.15) is 0 Å². The third-order valence-corrected chi connectivity index (χ3v) is 4.54. The van der Waals surface area contributed by atoms with Crippen molar-refractivity contribution in [2.75, 3.05) is 19.9 Å². The van der Waals surface area contributed by atoms with E-state index in [-0.39, 0.29) is 11.7 Å². The Morgan fingerprint density at radius 3 is 2.07 bits per heavy atom. The number of ether oxygens (including phenoxy) is 1. The molecule has 2 rings (SSSR count). The Balaban J connectivity index is 1.97. The molecular weight excluding hydrogens is 370 g/mol. The molecule has 1 N–H and O–H groups in total. The lowest BCUT2D eigenvalue weighted by Crippen LogP contribution is -2.26. The molecule has 0 aliphatic rings. The molecule has 0 heterocycles. The summed E-state index contributed by atoms with van der Waals surface area (Å²) >= 11 is 0. The highest BCUT2D eigenvalue weighted by Crippen LogP contribution is 2.15. The molecule has 0 saturated heterocycles. The predicted molar refractivity (Wildman–Crippen MR) is 100 cm³/mol. The molecule has 1 amide bonds. The zero-order valence-corrected chi connectivity index (χ0v) is 15.9. The van der Waals surface area contributed by atoms with Gasteiger partial charge in [0.25, 0.3) is 5.91 Å². The number of hydrogen-bond acceptors (Lipinski definition) is 5.